The summed E-state index contributed by atoms with van der Waals surface area (Å²) in [4.78, 5) is 34.9. The second-order valence-electron chi connectivity index (χ2n) is 10.9. The maximum Gasteiger partial charge on any atom is 0.367 e. The first-order valence-electron chi connectivity index (χ1n) is 13.8. The molecule has 0 heterocycles. The lowest BCUT2D eigenvalue weighted by atomic mass is 9.81. The molecule has 0 fully saturated rings. The van der Waals surface area contributed by atoms with E-state index in [4.69, 9.17) is 0 Å². The SMILES string of the molecule is CCCCCCCC/C=C\CCCCCCCCC(C)C(NC=O)(NC=O)C(C(=O)O)[N+](C)(C)C. The highest BCUT2D eigenvalue weighted by Crippen LogP contribution is 2.29. The van der Waals surface area contributed by atoms with E-state index < -0.39 is 17.7 Å². The third-order valence-corrected chi connectivity index (χ3v) is 6.96. The van der Waals surface area contributed by atoms with Crippen molar-refractivity contribution in [2.24, 2.45) is 5.92 Å². The van der Waals surface area contributed by atoms with Crippen LogP contribution < -0.4 is 10.6 Å². The fourth-order valence-electron chi connectivity index (χ4n) is 5.01. The van der Waals surface area contributed by atoms with Crippen molar-refractivity contribution < 1.29 is 24.0 Å². The second kappa shape index (κ2) is 19.3. The smallest absolute Gasteiger partial charge is 0.367 e. The molecule has 0 saturated heterocycles. The summed E-state index contributed by atoms with van der Waals surface area (Å²) in [7, 11) is 5.26. The number of quaternary nitrogens is 1. The molecule has 0 aromatic heterocycles. The maximum absolute atomic E-state index is 12.1. The molecule has 2 amide bonds. The predicted octanol–water partition coefficient (Wildman–Crippen LogP) is 5.40. The average molecular weight is 497 g/mol. The van der Waals surface area contributed by atoms with E-state index in [1.54, 1.807) is 21.1 Å². The highest BCUT2D eigenvalue weighted by atomic mass is 16.4. The van der Waals surface area contributed by atoms with Crippen molar-refractivity contribution in [1.29, 1.82) is 0 Å². The van der Waals surface area contributed by atoms with Gasteiger partial charge in [0, 0.05) is 5.92 Å². The van der Waals surface area contributed by atoms with E-state index in [0.717, 1.165) is 25.7 Å². The Hall–Kier alpha value is -1.89. The van der Waals surface area contributed by atoms with Crippen molar-refractivity contribution in [2.45, 2.75) is 122 Å². The minimum absolute atomic E-state index is 0.0642. The van der Waals surface area contributed by atoms with Crippen LogP contribution in [0.5, 0.6) is 0 Å². The number of carboxylic acid groups (broad SMARTS) is 1. The summed E-state index contributed by atoms with van der Waals surface area (Å²) in [6.07, 6.45) is 23.6. The zero-order valence-electron chi connectivity index (χ0n) is 23.2. The topological polar surface area (TPSA) is 95.5 Å². The summed E-state index contributed by atoms with van der Waals surface area (Å²) in [6.45, 7) is 4.15. The van der Waals surface area contributed by atoms with Crippen molar-refractivity contribution in [1.82, 2.24) is 10.6 Å². The number of likely N-dealkylation sites (N-methyl/N-ethyl adjacent to an activating group) is 1. The number of hydrogen-bond donors (Lipinski definition) is 3. The molecule has 3 N–H and O–H groups in total. The average Bonchev–Trinajstić information content (AvgIpc) is 2.77. The lowest BCUT2D eigenvalue weighted by Crippen LogP contribution is -2.76. The number of hydrogen-bond acceptors (Lipinski definition) is 3. The molecule has 35 heavy (non-hydrogen) atoms. The summed E-state index contributed by atoms with van der Waals surface area (Å²) in [5.41, 5.74) is -1.35. The Morgan fingerprint density at radius 3 is 1.63 bits per heavy atom. The number of aliphatic carboxylic acids is 1. The summed E-state index contributed by atoms with van der Waals surface area (Å²) in [5, 5.41) is 15.3. The summed E-state index contributed by atoms with van der Waals surface area (Å²) in [5.74, 6) is -1.30. The minimum atomic E-state index is -1.35. The molecule has 2 unspecified atom stereocenters. The number of unbranched alkanes of at least 4 members (excludes halogenated alkanes) is 12. The van der Waals surface area contributed by atoms with Crippen molar-refractivity contribution >= 4 is 18.8 Å². The molecule has 7 nitrogen and oxygen atoms in total. The van der Waals surface area contributed by atoms with Gasteiger partial charge in [-0.05, 0) is 32.1 Å². The van der Waals surface area contributed by atoms with Crippen molar-refractivity contribution in [3.05, 3.63) is 12.2 Å². The van der Waals surface area contributed by atoms with Gasteiger partial charge in [-0.1, -0.05) is 90.2 Å². The van der Waals surface area contributed by atoms with E-state index >= 15 is 0 Å². The molecule has 204 valence electrons. The Morgan fingerprint density at radius 1 is 0.800 bits per heavy atom. The van der Waals surface area contributed by atoms with Crippen LogP contribution in [-0.2, 0) is 14.4 Å². The van der Waals surface area contributed by atoms with Crippen LogP contribution in [0, 0.1) is 5.92 Å². The number of carbonyl (C=O) groups excluding carboxylic acids is 2. The monoisotopic (exact) mass is 496 g/mol. The van der Waals surface area contributed by atoms with Crippen molar-refractivity contribution in [2.75, 3.05) is 21.1 Å². The first-order valence-corrected chi connectivity index (χ1v) is 13.8. The van der Waals surface area contributed by atoms with Gasteiger partial charge in [-0.25, -0.2) is 4.79 Å². The normalized spacial score (nSPS) is 14.0. The Balaban J connectivity index is 4.32. The number of nitrogens with zero attached hydrogens (tertiary/aromatic N) is 1. The van der Waals surface area contributed by atoms with Gasteiger partial charge in [0.25, 0.3) is 0 Å². The Labute approximate surface area is 214 Å². The predicted molar refractivity (Wildman–Crippen MR) is 144 cm³/mol. The number of amides is 2. The van der Waals surface area contributed by atoms with Gasteiger partial charge in [0.2, 0.25) is 18.9 Å². The number of carboxylic acids is 1. The maximum atomic E-state index is 12.1. The second-order valence-corrected chi connectivity index (χ2v) is 10.9. The molecule has 0 aromatic carbocycles. The third kappa shape index (κ3) is 13.7. The molecule has 0 aliphatic heterocycles. The quantitative estimate of drug-likeness (QED) is 0.0548. The number of allylic oxidation sites excluding steroid dienone is 2. The molecule has 0 saturated carbocycles. The number of carbonyl (C=O) groups is 3. The molecule has 0 spiro atoms. The van der Waals surface area contributed by atoms with Gasteiger partial charge in [0.05, 0.1) is 21.1 Å². The van der Waals surface area contributed by atoms with Gasteiger partial charge in [-0.3, -0.25) is 9.59 Å². The molecule has 0 aromatic rings. The van der Waals surface area contributed by atoms with Gasteiger partial charge < -0.3 is 20.2 Å². The van der Waals surface area contributed by atoms with Crippen LogP contribution in [0.4, 0.5) is 0 Å². The minimum Gasteiger partial charge on any atom is -0.477 e. The zero-order valence-corrected chi connectivity index (χ0v) is 23.2. The van der Waals surface area contributed by atoms with Gasteiger partial charge in [-0.15, -0.1) is 0 Å². The Bertz CT molecular complexity index is 592. The van der Waals surface area contributed by atoms with Gasteiger partial charge >= 0.3 is 5.97 Å². The van der Waals surface area contributed by atoms with Gasteiger partial charge in [-0.2, -0.15) is 0 Å². The van der Waals surface area contributed by atoms with Crippen LogP contribution in [0.1, 0.15) is 110 Å². The molecular formula is C28H54N3O4+. The van der Waals surface area contributed by atoms with E-state index in [9.17, 15) is 19.5 Å². The standard InChI is InChI=1S/C28H53N3O4/c1-6-7-8-9-10-11-12-13-14-15-16-17-18-19-20-21-22-25(2)28(29-23-32,30-24-33)26(27(34)35)31(3,4)5/h13-14,23-26H,6-12,15-22H2,1-5H3,(H2-,29,30,32,33,34,35)/p+1/b14-13-. The van der Waals surface area contributed by atoms with Crippen LogP contribution in [-0.4, -0.2) is 61.2 Å². The molecule has 0 aliphatic rings. The Kier molecular flexibility index (Phi) is 18.3. The van der Waals surface area contributed by atoms with E-state index in [1.807, 2.05) is 6.92 Å². The molecule has 7 heteroatoms. The summed E-state index contributed by atoms with van der Waals surface area (Å²) in [6, 6.07) is -1.03. The van der Waals surface area contributed by atoms with Crippen molar-refractivity contribution in [3.8, 4) is 0 Å². The first-order chi connectivity index (χ1) is 16.7. The molecule has 0 radical (unpaired) electrons. The summed E-state index contributed by atoms with van der Waals surface area (Å²) >= 11 is 0. The van der Waals surface area contributed by atoms with Crippen molar-refractivity contribution in [3.63, 3.8) is 0 Å². The summed E-state index contributed by atoms with van der Waals surface area (Å²) < 4.78 is 0.0642. The van der Waals surface area contributed by atoms with Crippen LogP contribution >= 0.6 is 0 Å². The fraction of sp³-hybridized carbons (Fsp3) is 0.821. The van der Waals surface area contributed by atoms with E-state index in [1.165, 1.54) is 64.2 Å². The molecular weight excluding hydrogens is 442 g/mol. The van der Waals surface area contributed by atoms with E-state index in [2.05, 4.69) is 29.7 Å². The molecule has 0 bridgehead atoms. The molecule has 0 aliphatic carbocycles. The van der Waals surface area contributed by atoms with Crippen LogP contribution in [0.3, 0.4) is 0 Å². The van der Waals surface area contributed by atoms with Gasteiger partial charge in [0.15, 0.2) is 5.66 Å². The Morgan fingerprint density at radius 2 is 1.23 bits per heavy atom. The van der Waals surface area contributed by atoms with Crippen LogP contribution in [0.15, 0.2) is 12.2 Å². The third-order valence-electron chi connectivity index (χ3n) is 6.96. The van der Waals surface area contributed by atoms with Crippen LogP contribution in [0.2, 0.25) is 0 Å². The van der Waals surface area contributed by atoms with E-state index in [0.29, 0.717) is 19.2 Å². The highest BCUT2D eigenvalue weighted by Gasteiger charge is 2.54. The lowest BCUT2D eigenvalue weighted by molar-refractivity contribution is -0.892. The fourth-order valence-corrected chi connectivity index (χ4v) is 5.01. The van der Waals surface area contributed by atoms with Gasteiger partial charge in [0.1, 0.15) is 0 Å². The first kappa shape index (κ1) is 33.1. The number of rotatable bonds is 24. The highest BCUT2D eigenvalue weighted by molar-refractivity contribution is 5.76. The van der Waals surface area contributed by atoms with E-state index in [-0.39, 0.29) is 10.4 Å². The largest absolute Gasteiger partial charge is 0.477 e. The lowest BCUT2D eigenvalue weighted by Gasteiger charge is -2.47. The zero-order chi connectivity index (χ0) is 26.6. The molecule has 0 rings (SSSR count). The molecule has 2 atom stereocenters. The number of nitrogens with one attached hydrogen (secondary N) is 2. The van der Waals surface area contributed by atoms with Crippen LogP contribution in [0.25, 0.3) is 0 Å².